The number of hydrogen-bond acceptors (Lipinski definition) is 1. The van der Waals surface area contributed by atoms with Gasteiger partial charge < -0.3 is 4.98 Å². The van der Waals surface area contributed by atoms with Crippen molar-refractivity contribution in [2.75, 3.05) is 0 Å². The van der Waals surface area contributed by atoms with Crippen LogP contribution in [0.25, 0.3) is 10.9 Å². The molecule has 16 heavy (non-hydrogen) atoms. The Labute approximate surface area is 98.5 Å². The highest BCUT2D eigenvalue weighted by molar-refractivity contribution is 7.99. The molecular formula is C14H11NS. The largest absolute Gasteiger partial charge is 0.360 e. The lowest BCUT2D eigenvalue weighted by Gasteiger charge is -1.98. The molecule has 0 fully saturated rings. The molecule has 0 amide bonds. The summed E-state index contributed by atoms with van der Waals surface area (Å²) in [6, 6.07) is 18.8. The van der Waals surface area contributed by atoms with Crippen molar-refractivity contribution < 1.29 is 0 Å². The summed E-state index contributed by atoms with van der Waals surface area (Å²) < 4.78 is 0. The summed E-state index contributed by atoms with van der Waals surface area (Å²) in [4.78, 5) is 5.84. The van der Waals surface area contributed by atoms with E-state index in [1.165, 1.54) is 20.7 Å². The Morgan fingerprint density at radius 1 is 0.812 bits per heavy atom. The van der Waals surface area contributed by atoms with Gasteiger partial charge in [-0.3, -0.25) is 0 Å². The Kier molecular flexibility index (Phi) is 2.43. The minimum absolute atomic E-state index is 1.20. The van der Waals surface area contributed by atoms with E-state index in [-0.39, 0.29) is 0 Å². The molecule has 0 aliphatic carbocycles. The second-order valence-electron chi connectivity index (χ2n) is 3.61. The molecule has 0 aliphatic heterocycles. The van der Waals surface area contributed by atoms with Crippen LogP contribution in [0, 0.1) is 0 Å². The van der Waals surface area contributed by atoms with Gasteiger partial charge in [-0.1, -0.05) is 48.2 Å². The van der Waals surface area contributed by atoms with E-state index in [0.29, 0.717) is 0 Å². The van der Waals surface area contributed by atoms with Crippen molar-refractivity contribution in [1.82, 2.24) is 4.98 Å². The van der Waals surface area contributed by atoms with Crippen LogP contribution >= 0.6 is 11.8 Å². The minimum atomic E-state index is 1.20. The van der Waals surface area contributed by atoms with E-state index in [1.807, 2.05) is 6.07 Å². The Balaban J connectivity index is 2.01. The van der Waals surface area contributed by atoms with Crippen molar-refractivity contribution in [3.63, 3.8) is 0 Å². The van der Waals surface area contributed by atoms with Gasteiger partial charge >= 0.3 is 0 Å². The zero-order chi connectivity index (χ0) is 10.8. The maximum Gasteiger partial charge on any atom is 0.0465 e. The standard InChI is InChI=1S/C14H11NS/c1-2-6-11(7-3-1)16-14-10-15-13-9-5-4-8-12(13)14/h1-10,15H. The van der Waals surface area contributed by atoms with Crippen LogP contribution in [0.1, 0.15) is 0 Å². The lowest BCUT2D eigenvalue weighted by atomic mass is 10.2. The van der Waals surface area contributed by atoms with Crippen molar-refractivity contribution in [1.29, 1.82) is 0 Å². The third-order valence-corrected chi connectivity index (χ3v) is 3.59. The fraction of sp³-hybridized carbons (Fsp3) is 0. The molecule has 0 atom stereocenters. The molecule has 0 saturated heterocycles. The molecule has 2 aromatic carbocycles. The molecule has 3 rings (SSSR count). The van der Waals surface area contributed by atoms with E-state index in [9.17, 15) is 0 Å². The molecule has 0 saturated carbocycles. The zero-order valence-electron chi connectivity index (χ0n) is 8.68. The second kappa shape index (κ2) is 4.06. The fourth-order valence-electron chi connectivity index (χ4n) is 1.74. The third-order valence-electron chi connectivity index (χ3n) is 2.52. The molecular weight excluding hydrogens is 214 g/mol. The van der Waals surface area contributed by atoms with Crippen molar-refractivity contribution >= 4 is 22.7 Å². The summed E-state index contributed by atoms with van der Waals surface area (Å²) in [5.41, 5.74) is 1.20. The average molecular weight is 225 g/mol. The van der Waals surface area contributed by atoms with Crippen LogP contribution in [0.4, 0.5) is 0 Å². The molecule has 0 aliphatic rings. The Hall–Kier alpha value is -1.67. The number of nitrogens with one attached hydrogen (secondary N) is 1. The highest BCUT2D eigenvalue weighted by Gasteiger charge is 2.03. The van der Waals surface area contributed by atoms with Crippen molar-refractivity contribution in [3.8, 4) is 0 Å². The van der Waals surface area contributed by atoms with E-state index in [2.05, 4.69) is 59.7 Å². The molecule has 1 nitrogen and oxygen atoms in total. The van der Waals surface area contributed by atoms with Crippen molar-refractivity contribution in [2.45, 2.75) is 9.79 Å². The number of para-hydroxylation sites is 1. The third kappa shape index (κ3) is 1.72. The first-order valence-electron chi connectivity index (χ1n) is 5.22. The maximum atomic E-state index is 3.29. The first kappa shape index (κ1) is 9.55. The predicted octanol–water partition coefficient (Wildman–Crippen LogP) is 4.32. The van der Waals surface area contributed by atoms with Gasteiger partial charge in [0.15, 0.2) is 0 Å². The predicted molar refractivity (Wildman–Crippen MR) is 68.9 cm³/mol. The maximum absolute atomic E-state index is 3.29. The zero-order valence-corrected chi connectivity index (χ0v) is 9.50. The van der Waals surface area contributed by atoms with E-state index in [0.717, 1.165) is 0 Å². The number of rotatable bonds is 2. The Bertz CT molecular complexity index is 598. The molecule has 1 aromatic heterocycles. The van der Waals surface area contributed by atoms with Gasteiger partial charge in [0.2, 0.25) is 0 Å². The lowest BCUT2D eigenvalue weighted by molar-refractivity contribution is 1.39. The molecule has 1 N–H and O–H groups in total. The molecule has 2 heteroatoms. The molecule has 0 bridgehead atoms. The summed E-state index contributed by atoms with van der Waals surface area (Å²) >= 11 is 1.79. The van der Waals surface area contributed by atoms with Gasteiger partial charge in [-0.15, -0.1) is 0 Å². The molecule has 0 radical (unpaired) electrons. The topological polar surface area (TPSA) is 15.8 Å². The van der Waals surface area contributed by atoms with Gasteiger partial charge in [0.05, 0.1) is 0 Å². The highest BCUT2D eigenvalue weighted by atomic mass is 32.2. The minimum Gasteiger partial charge on any atom is -0.360 e. The number of benzene rings is 2. The summed E-state index contributed by atoms with van der Waals surface area (Å²) in [6.45, 7) is 0. The summed E-state index contributed by atoms with van der Waals surface area (Å²) in [5.74, 6) is 0. The number of aromatic nitrogens is 1. The van der Waals surface area contributed by atoms with Gasteiger partial charge in [0.25, 0.3) is 0 Å². The molecule has 1 heterocycles. The number of H-pyrrole nitrogens is 1. The average Bonchev–Trinajstić information content (AvgIpc) is 2.74. The van der Waals surface area contributed by atoms with Crippen LogP contribution in [0.5, 0.6) is 0 Å². The highest BCUT2D eigenvalue weighted by Crippen LogP contribution is 2.32. The van der Waals surface area contributed by atoms with E-state index >= 15 is 0 Å². The van der Waals surface area contributed by atoms with E-state index in [4.69, 9.17) is 0 Å². The van der Waals surface area contributed by atoms with Gasteiger partial charge in [-0.25, -0.2) is 0 Å². The normalized spacial score (nSPS) is 10.8. The SMILES string of the molecule is c1ccc(Sc2c[nH]c3ccccc23)cc1. The molecule has 78 valence electrons. The summed E-state index contributed by atoms with van der Waals surface area (Å²) in [6.07, 6.45) is 2.07. The van der Waals surface area contributed by atoms with Crippen LogP contribution < -0.4 is 0 Å². The second-order valence-corrected chi connectivity index (χ2v) is 4.73. The Morgan fingerprint density at radius 3 is 2.44 bits per heavy atom. The van der Waals surface area contributed by atoms with Crippen LogP contribution in [0.15, 0.2) is 70.6 Å². The van der Waals surface area contributed by atoms with Crippen LogP contribution in [-0.4, -0.2) is 4.98 Å². The molecule has 0 spiro atoms. The summed E-state index contributed by atoms with van der Waals surface area (Å²) in [5, 5.41) is 1.29. The Morgan fingerprint density at radius 2 is 1.56 bits per heavy atom. The smallest absolute Gasteiger partial charge is 0.0465 e. The first-order chi connectivity index (χ1) is 7.93. The van der Waals surface area contributed by atoms with Crippen LogP contribution in [-0.2, 0) is 0 Å². The van der Waals surface area contributed by atoms with Gasteiger partial charge in [-0.05, 0) is 18.2 Å². The van der Waals surface area contributed by atoms with Crippen LogP contribution in [0.3, 0.4) is 0 Å². The van der Waals surface area contributed by atoms with Crippen molar-refractivity contribution in [2.24, 2.45) is 0 Å². The number of fused-ring (bicyclic) bond motifs is 1. The van der Waals surface area contributed by atoms with E-state index in [1.54, 1.807) is 11.8 Å². The first-order valence-corrected chi connectivity index (χ1v) is 6.04. The van der Waals surface area contributed by atoms with Gasteiger partial charge in [0, 0.05) is 26.9 Å². The van der Waals surface area contributed by atoms with Crippen LogP contribution in [0.2, 0.25) is 0 Å². The number of aromatic amines is 1. The van der Waals surface area contributed by atoms with Gasteiger partial charge in [-0.2, -0.15) is 0 Å². The van der Waals surface area contributed by atoms with Gasteiger partial charge in [0.1, 0.15) is 0 Å². The summed E-state index contributed by atoms with van der Waals surface area (Å²) in [7, 11) is 0. The van der Waals surface area contributed by atoms with Crippen molar-refractivity contribution in [3.05, 3.63) is 60.8 Å². The van der Waals surface area contributed by atoms with E-state index < -0.39 is 0 Å². The fourth-order valence-corrected chi connectivity index (χ4v) is 2.70. The molecule has 0 unspecified atom stereocenters. The number of hydrogen-bond donors (Lipinski definition) is 1. The lowest BCUT2D eigenvalue weighted by Crippen LogP contribution is -1.70. The molecule has 3 aromatic rings. The quantitative estimate of drug-likeness (QED) is 0.686. The monoisotopic (exact) mass is 225 g/mol.